The predicted octanol–water partition coefficient (Wildman–Crippen LogP) is 4.64. The third-order valence-corrected chi connectivity index (χ3v) is 4.93. The van der Waals surface area contributed by atoms with Crippen LogP contribution in [0.3, 0.4) is 0 Å². The van der Waals surface area contributed by atoms with E-state index in [1.54, 1.807) is 30.3 Å². The number of allylic oxidation sites excluding steroid dienone is 1. The van der Waals surface area contributed by atoms with E-state index < -0.39 is 0 Å². The van der Waals surface area contributed by atoms with Crippen molar-refractivity contribution >= 4 is 45.7 Å². The molecular formula is C18H15ClN2O2S. The lowest BCUT2D eigenvalue weighted by Crippen LogP contribution is -2.19. The highest BCUT2D eigenvalue weighted by atomic mass is 35.5. The fraction of sp³-hybridized carbons (Fsp3) is 0.111. The van der Waals surface area contributed by atoms with E-state index in [4.69, 9.17) is 11.6 Å². The van der Waals surface area contributed by atoms with Crippen LogP contribution >= 0.6 is 23.4 Å². The molecule has 0 aromatic heterocycles. The number of hydrogen-bond acceptors (Lipinski definition) is 4. The smallest absolute Gasteiger partial charge is 0.264 e. The highest BCUT2D eigenvalue weighted by Crippen LogP contribution is 2.35. The molecule has 4 nitrogen and oxygen atoms in total. The van der Waals surface area contributed by atoms with Crippen molar-refractivity contribution in [1.82, 2.24) is 5.32 Å². The third kappa shape index (κ3) is 3.47. The molecule has 0 atom stereocenters. The van der Waals surface area contributed by atoms with E-state index in [0.717, 1.165) is 16.7 Å². The minimum absolute atomic E-state index is 0.0785. The number of carbonyl (C=O) groups excluding carboxylic acids is 1. The van der Waals surface area contributed by atoms with Crippen LogP contribution in [0.4, 0.5) is 5.69 Å². The summed E-state index contributed by atoms with van der Waals surface area (Å²) >= 11 is 7.16. The molecule has 2 aromatic rings. The lowest BCUT2D eigenvalue weighted by Gasteiger charge is -2.03. The van der Waals surface area contributed by atoms with Gasteiger partial charge in [-0.1, -0.05) is 29.8 Å². The number of phenols is 1. The molecule has 1 fully saturated rings. The Bertz CT molecular complexity index is 873. The highest BCUT2D eigenvalue weighted by Gasteiger charge is 2.26. The van der Waals surface area contributed by atoms with Crippen LogP contribution in [0.1, 0.15) is 18.1 Å². The SMILES string of the molecule is C/C(=C1/SC(=Nc2cc(C)ccc2O)NC1=O)c1ccc(Cl)cc1. The predicted molar refractivity (Wildman–Crippen MR) is 99.7 cm³/mol. The molecule has 6 heteroatoms. The fourth-order valence-corrected chi connectivity index (χ4v) is 3.31. The summed E-state index contributed by atoms with van der Waals surface area (Å²) in [4.78, 5) is 17.2. The molecule has 2 N–H and O–H groups in total. The molecule has 1 heterocycles. The Hall–Kier alpha value is -2.24. The number of nitrogens with one attached hydrogen (secondary N) is 1. The Labute approximate surface area is 149 Å². The highest BCUT2D eigenvalue weighted by molar-refractivity contribution is 8.18. The molecule has 2 aromatic carbocycles. The first-order valence-corrected chi connectivity index (χ1v) is 8.48. The third-order valence-electron chi connectivity index (χ3n) is 3.60. The first kappa shape index (κ1) is 16.6. The van der Waals surface area contributed by atoms with Crippen molar-refractivity contribution in [2.45, 2.75) is 13.8 Å². The number of amides is 1. The maximum Gasteiger partial charge on any atom is 0.264 e. The molecule has 1 saturated heterocycles. The number of halogens is 1. The van der Waals surface area contributed by atoms with Gasteiger partial charge in [0.15, 0.2) is 5.17 Å². The number of carbonyl (C=O) groups is 1. The van der Waals surface area contributed by atoms with Gasteiger partial charge in [-0.3, -0.25) is 4.79 Å². The number of aromatic hydroxyl groups is 1. The number of aryl methyl sites for hydroxylation is 1. The molecular weight excluding hydrogens is 344 g/mol. The Morgan fingerprint density at radius 1 is 1.21 bits per heavy atom. The van der Waals surface area contributed by atoms with Crippen LogP contribution in [0.2, 0.25) is 5.02 Å². The van der Waals surface area contributed by atoms with Gasteiger partial charge in [0.05, 0.1) is 4.91 Å². The van der Waals surface area contributed by atoms with Crippen LogP contribution in [-0.4, -0.2) is 16.2 Å². The molecule has 0 radical (unpaired) electrons. The van der Waals surface area contributed by atoms with Crippen molar-refractivity contribution in [2.75, 3.05) is 0 Å². The number of benzene rings is 2. The van der Waals surface area contributed by atoms with Crippen molar-refractivity contribution in [1.29, 1.82) is 0 Å². The van der Waals surface area contributed by atoms with E-state index in [0.29, 0.717) is 20.8 Å². The zero-order chi connectivity index (χ0) is 17.3. The van der Waals surface area contributed by atoms with E-state index >= 15 is 0 Å². The summed E-state index contributed by atoms with van der Waals surface area (Å²) in [6.45, 7) is 3.80. The summed E-state index contributed by atoms with van der Waals surface area (Å²) < 4.78 is 0. The molecule has 3 rings (SSSR count). The average Bonchev–Trinajstić information content (AvgIpc) is 2.91. The number of aliphatic imine (C=N–C) groups is 1. The van der Waals surface area contributed by atoms with Gasteiger partial charge in [-0.15, -0.1) is 0 Å². The number of hydrogen-bond donors (Lipinski definition) is 2. The monoisotopic (exact) mass is 358 g/mol. The van der Waals surface area contributed by atoms with E-state index in [9.17, 15) is 9.90 Å². The maximum atomic E-state index is 12.2. The summed E-state index contributed by atoms with van der Waals surface area (Å²) in [5, 5.41) is 13.7. The van der Waals surface area contributed by atoms with Gasteiger partial charge in [0.1, 0.15) is 11.4 Å². The van der Waals surface area contributed by atoms with Crippen molar-refractivity contribution < 1.29 is 9.90 Å². The standard InChI is InChI=1S/C18H15ClN2O2S/c1-10-3-8-15(22)14(9-10)20-18-21-17(23)16(24-18)11(2)12-4-6-13(19)7-5-12/h3-9,22H,1-2H3,(H,20,21,23)/b16-11-. The Morgan fingerprint density at radius 2 is 1.92 bits per heavy atom. The summed E-state index contributed by atoms with van der Waals surface area (Å²) in [7, 11) is 0. The molecule has 1 aliphatic heterocycles. The molecule has 0 aliphatic carbocycles. The van der Waals surface area contributed by atoms with E-state index in [-0.39, 0.29) is 11.7 Å². The number of amidine groups is 1. The van der Waals surface area contributed by atoms with E-state index in [2.05, 4.69) is 10.3 Å². The van der Waals surface area contributed by atoms with Gasteiger partial charge >= 0.3 is 0 Å². The van der Waals surface area contributed by atoms with Crippen LogP contribution in [-0.2, 0) is 4.79 Å². The Morgan fingerprint density at radius 3 is 2.62 bits per heavy atom. The molecule has 0 saturated carbocycles. The van der Waals surface area contributed by atoms with Crippen molar-refractivity contribution in [3.8, 4) is 5.75 Å². The lowest BCUT2D eigenvalue weighted by atomic mass is 10.1. The first-order chi connectivity index (χ1) is 11.4. The number of nitrogens with zero attached hydrogens (tertiary/aromatic N) is 1. The minimum atomic E-state index is -0.196. The summed E-state index contributed by atoms with van der Waals surface area (Å²) in [5.74, 6) is -0.117. The average molecular weight is 359 g/mol. The Balaban J connectivity index is 1.93. The molecule has 1 aliphatic rings. The Kier molecular flexibility index (Phi) is 4.64. The number of phenolic OH excluding ortho intramolecular Hbond substituents is 1. The zero-order valence-electron chi connectivity index (χ0n) is 13.1. The molecule has 24 heavy (non-hydrogen) atoms. The maximum absolute atomic E-state index is 12.2. The van der Waals surface area contributed by atoms with Gasteiger partial charge in [0.25, 0.3) is 5.91 Å². The van der Waals surface area contributed by atoms with Crippen molar-refractivity contribution in [3.05, 3.63) is 63.5 Å². The normalized spacial score (nSPS) is 18.0. The largest absolute Gasteiger partial charge is 0.506 e. The van der Waals surface area contributed by atoms with Gasteiger partial charge in [0, 0.05) is 5.02 Å². The first-order valence-electron chi connectivity index (χ1n) is 7.28. The van der Waals surface area contributed by atoms with Crippen LogP contribution in [0.15, 0.2) is 52.4 Å². The van der Waals surface area contributed by atoms with E-state index in [1.165, 1.54) is 11.8 Å². The second-order valence-electron chi connectivity index (χ2n) is 5.43. The van der Waals surface area contributed by atoms with Crippen LogP contribution in [0, 0.1) is 6.92 Å². The van der Waals surface area contributed by atoms with Gasteiger partial charge in [-0.2, -0.15) is 0 Å². The summed E-state index contributed by atoms with van der Waals surface area (Å²) in [6.07, 6.45) is 0. The topological polar surface area (TPSA) is 61.7 Å². The zero-order valence-corrected chi connectivity index (χ0v) is 14.7. The van der Waals surface area contributed by atoms with E-state index in [1.807, 2.05) is 26.0 Å². The second kappa shape index (κ2) is 6.71. The quantitative estimate of drug-likeness (QED) is 0.769. The van der Waals surface area contributed by atoms with Gasteiger partial charge in [-0.25, -0.2) is 4.99 Å². The summed E-state index contributed by atoms with van der Waals surface area (Å²) in [5.41, 5.74) is 3.20. The van der Waals surface area contributed by atoms with Crippen LogP contribution < -0.4 is 5.32 Å². The fourth-order valence-electron chi connectivity index (χ4n) is 2.28. The molecule has 0 bridgehead atoms. The van der Waals surface area contributed by atoms with Crippen molar-refractivity contribution in [3.63, 3.8) is 0 Å². The van der Waals surface area contributed by atoms with Gasteiger partial charge < -0.3 is 10.4 Å². The minimum Gasteiger partial charge on any atom is -0.506 e. The van der Waals surface area contributed by atoms with Gasteiger partial charge in [-0.05, 0) is 66.6 Å². The molecule has 122 valence electrons. The van der Waals surface area contributed by atoms with Crippen LogP contribution in [0.5, 0.6) is 5.75 Å². The van der Waals surface area contributed by atoms with Crippen LogP contribution in [0.25, 0.3) is 5.57 Å². The second-order valence-corrected chi connectivity index (χ2v) is 6.86. The lowest BCUT2D eigenvalue weighted by molar-refractivity contribution is -0.115. The number of thioether (sulfide) groups is 1. The molecule has 1 amide bonds. The van der Waals surface area contributed by atoms with Gasteiger partial charge in [0.2, 0.25) is 0 Å². The number of rotatable bonds is 2. The van der Waals surface area contributed by atoms with Crippen molar-refractivity contribution in [2.24, 2.45) is 4.99 Å². The summed E-state index contributed by atoms with van der Waals surface area (Å²) in [6, 6.07) is 12.5. The molecule has 0 spiro atoms. The molecule has 0 unspecified atom stereocenters.